The average molecular weight is 292 g/mol. The number of phenols is 1. The predicted molar refractivity (Wildman–Crippen MR) is 71.3 cm³/mol. The molecule has 1 heterocycles. The van der Waals surface area contributed by atoms with Gasteiger partial charge in [0.2, 0.25) is 0 Å². The number of nitrogens with one attached hydrogen (secondary N) is 1. The summed E-state index contributed by atoms with van der Waals surface area (Å²) in [4.78, 5) is 4.05. The maximum Gasteiger partial charge on any atom is 0.146 e. The zero-order chi connectivity index (χ0) is 12.1. The topological polar surface area (TPSA) is 57.5 Å². The van der Waals surface area contributed by atoms with Crippen LogP contribution >= 0.6 is 15.9 Å². The van der Waals surface area contributed by atoms with Gasteiger partial charge in [0.25, 0.3) is 0 Å². The van der Waals surface area contributed by atoms with E-state index in [1.54, 1.807) is 30.5 Å². The van der Waals surface area contributed by atoms with Gasteiger partial charge in [-0.25, -0.2) is 4.98 Å². The summed E-state index contributed by atoms with van der Waals surface area (Å²) in [7, 11) is 0. The number of benzene rings is 1. The Hall–Kier alpha value is -1.88. The fourth-order valence-corrected chi connectivity index (χ4v) is 1.60. The monoisotopic (exact) mass is 291 g/mol. The van der Waals surface area contributed by atoms with E-state index in [9.17, 15) is 5.11 Å². The van der Waals surface area contributed by atoms with Crippen molar-refractivity contribution < 1.29 is 5.11 Å². The van der Waals surface area contributed by atoms with E-state index in [1.807, 2.05) is 12.1 Å². The van der Waals surface area contributed by atoms with Gasteiger partial charge in [-0.2, -0.15) is 5.10 Å². The summed E-state index contributed by atoms with van der Waals surface area (Å²) < 4.78 is 0.884. The number of aromatic hydroxyl groups is 1. The van der Waals surface area contributed by atoms with Gasteiger partial charge in [-0.05, 0) is 30.3 Å². The fraction of sp³-hybridized carbons (Fsp3) is 0. The second-order valence-corrected chi connectivity index (χ2v) is 4.20. The number of nitrogens with zero attached hydrogens (tertiary/aromatic N) is 2. The van der Waals surface area contributed by atoms with Crippen LogP contribution in [0.1, 0.15) is 5.56 Å². The van der Waals surface area contributed by atoms with Crippen molar-refractivity contribution in [3.05, 3.63) is 52.6 Å². The summed E-state index contributed by atoms with van der Waals surface area (Å²) in [6.45, 7) is 0. The molecule has 0 spiro atoms. The summed E-state index contributed by atoms with van der Waals surface area (Å²) in [5.74, 6) is 0.831. The van der Waals surface area contributed by atoms with E-state index < -0.39 is 0 Å². The van der Waals surface area contributed by atoms with E-state index >= 15 is 0 Å². The van der Waals surface area contributed by atoms with Crippen LogP contribution in [0.5, 0.6) is 5.75 Å². The lowest BCUT2D eigenvalue weighted by Crippen LogP contribution is -1.92. The molecule has 4 nitrogen and oxygen atoms in total. The average Bonchev–Trinajstić information content (AvgIpc) is 2.35. The normalized spacial score (nSPS) is 10.6. The standard InChI is InChI=1S/C12H10BrN3O/c13-10-4-5-11(17)9(7-10)8-15-16-12-3-1-2-6-14-12/h1-8,17H,(H,14,16)/b15-8+. The Morgan fingerprint density at radius 1 is 1.29 bits per heavy atom. The van der Waals surface area contributed by atoms with Crippen molar-refractivity contribution in [2.45, 2.75) is 0 Å². The molecule has 2 N–H and O–H groups in total. The van der Waals surface area contributed by atoms with Gasteiger partial charge in [0.05, 0.1) is 6.21 Å². The van der Waals surface area contributed by atoms with E-state index in [1.165, 1.54) is 6.21 Å². The first kappa shape index (κ1) is 11.6. The van der Waals surface area contributed by atoms with Crippen LogP contribution in [0.2, 0.25) is 0 Å². The van der Waals surface area contributed by atoms with Crippen LogP contribution in [0, 0.1) is 0 Å². The zero-order valence-electron chi connectivity index (χ0n) is 8.84. The molecule has 0 amide bonds. The van der Waals surface area contributed by atoms with E-state index in [0.29, 0.717) is 11.4 Å². The van der Waals surface area contributed by atoms with Crippen LogP contribution in [-0.4, -0.2) is 16.3 Å². The van der Waals surface area contributed by atoms with Crippen LogP contribution < -0.4 is 5.43 Å². The Kier molecular flexibility index (Phi) is 3.72. The first-order chi connectivity index (χ1) is 8.25. The second kappa shape index (κ2) is 5.45. The number of hydrogen-bond acceptors (Lipinski definition) is 4. The molecule has 0 atom stereocenters. The lowest BCUT2D eigenvalue weighted by molar-refractivity contribution is 0.474. The Labute approximate surface area is 107 Å². The van der Waals surface area contributed by atoms with Gasteiger partial charge in [-0.1, -0.05) is 22.0 Å². The maximum absolute atomic E-state index is 9.58. The zero-order valence-corrected chi connectivity index (χ0v) is 10.4. The molecule has 86 valence electrons. The number of phenolic OH excluding ortho intramolecular Hbond substituents is 1. The number of rotatable bonds is 3. The molecule has 0 radical (unpaired) electrons. The maximum atomic E-state index is 9.58. The van der Waals surface area contributed by atoms with Crippen molar-refractivity contribution in [1.29, 1.82) is 0 Å². The highest BCUT2D eigenvalue weighted by atomic mass is 79.9. The van der Waals surface area contributed by atoms with Crippen molar-refractivity contribution in [1.82, 2.24) is 4.98 Å². The lowest BCUT2D eigenvalue weighted by Gasteiger charge is -2.00. The Morgan fingerprint density at radius 3 is 2.94 bits per heavy atom. The van der Waals surface area contributed by atoms with Gasteiger partial charge in [0, 0.05) is 16.2 Å². The highest BCUT2D eigenvalue weighted by Gasteiger charge is 1.98. The summed E-state index contributed by atoms with van der Waals surface area (Å²) >= 11 is 3.33. The molecule has 0 saturated heterocycles. The quantitative estimate of drug-likeness (QED) is 0.675. The van der Waals surface area contributed by atoms with Crippen molar-refractivity contribution in [2.24, 2.45) is 5.10 Å². The number of pyridine rings is 1. The minimum Gasteiger partial charge on any atom is -0.507 e. The molecule has 0 unspecified atom stereocenters. The molecule has 1 aromatic heterocycles. The third-order valence-electron chi connectivity index (χ3n) is 2.04. The van der Waals surface area contributed by atoms with Crippen molar-refractivity contribution in [3.8, 4) is 5.75 Å². The SMILES string of the molecule is Oc1ccc(Br)cc1/C=N/Nc1ccccn1. The van der Waals surface area contributed by atoms with Crippen LogP contribution in [-0.2, 0) is 0 Å². The molecule has 5 heteroatoms. The summed E-state index contributed by atoms with van der Waals surface area (Å²) in [6.07, 6.45) is 3.21. The van der Waals surface area contributed by atoms with Gasteiger partial charge in [0.15, 0.2) is 0 Å². The molecule has 0 saturated carbocycles. The third kappa shape index (κ3) is 3.29. The van der Waals surface area contributed by atoms with Crippen molar-refractivity contribution in [2.75, 3.05) is 5.43 Å². The Balaban J connectivity index is 2.08. The number of halogens is 1. The van der Waals surface area contributed by atoms with Gasteiger partial charge >= 0.3 is 0 Å². The minimum absolute atomic E-state index is 0.180. The van der Waals surface area contributed by atoms with E-state index in [4.69, 9.17) is 0 Å². The smallest absolute Gasteiger partial charge is 0.146 e. The van der Waals surface area contributed by atoms with Crippen molar-refractivity contribution >= 4 is 28.0 Å². The molecule has 2 aromatic rings. The minimum atomic E-state index is 0.180. The summed E-state index contributed by atoms with van der Waals surface area (Å²) in [5.41, 5.74) is 3.40. The fourth-order valence-electron chi connectivity index (χ4n) is 1.23. The van der Waals surface area contributed by atoms with Crippen LogP contribution in [0.3, 0.4) is 0 Å². The molecular formula is C12H10BrN3O. The molecular weight excluding hydrogens is 282 g/mol. The molecule has 0 aliphatic carbocycles. The van der Waals surface area contributed by atoms with Gasteiger partial charge < -0.3 is 5.11 Å². The Morgan fingerprint density at radius 2 is 2.18 bits per heavy atom. The van der Waals surface area contributed by atoms with E-state index in [-0.39, 0.29) is 5.75 Å². The first-order valence-electron chi connectivity index (χ1n) is 4.94. The molecule has 0 aliphatic heterocycles. The molecule has 1 aromatic carbocycles. The van der Waals surface area contributed by atoms with Crippen LogP contribution in [0.25, 0.3) is 0 Å². The summed E-state index contributed by atoms with van der Waals surface area (Å²) in [5, 5.41) is 13.6. The highest BCUT2D eigenvalue weighted by Crippen LogP contribution is 2.20. The van der Waals surface area contributed by atoms with Crippen molar-refractivity contribution in [3.63, 3.8) is 0 Å². The van der Waals surface area contributed by atoms with Gasteiger partial charge in [-0.3, -0.25) is 5.43 Å². The van der Waals surface area contributed by atoms with Crippen LogP contribution in [0.15, 0.2) is 52.2 Å². The second-order valence-electron chi connectivity index (χ2n) is 3.29. The lowest BCUT2D eigenvalue weighted by atomic mass is 10.2. The number of anilines is 1. The number of hydrogen-bond donors (Lipinski definition) is 2. The molecule has 0 fully saturated rings. The largest absolute Gasteiger partial charge is 0.507 e. The molecule has 0 aliphatic rings. The molecule has 2 rings (SSSR count). The van der Waals surface area contributed by atoms with E-state index in [2.05, 4.69) is 31.4 Å². The van der Waals surface area contributed by atoms with E-state index in [0.717, 1.165) is 4.47 Å². The first-order valence-corrected chi connectivity index (χ1v) is 5.73. The number of aromatic nitrogens is 1. The molecule has 0 bridgehead atoms. The van der Waals surface area contributed by atoms with Crippen LogP contribution in [0.4, 0.5) is 5.82 Å². The van der Waals surface area contributed by atoms with Gasteiger partial charge in [-0.15, -0.1) is 0 Å². The third-order valence-corrected chi connectivity index (χ3v) is 2.53. The Bertz CT molecular complexity index is 529. The predicted octanol–water partition coefficient (Wildman–Crippen LogP) is 3.00. The summed E-state index contributed by atoms with van der Waals surface area (Å²) in [6, 6.07) is 10.6. The number of hydrazone groups is 1. The van der Waals surface area contributed by atoms with Gasteiger partial charge in [0.1, 0.15) is 11.6 Å². The molecule has 17 heavy (non-hydrogen) atoms. The highest BCUT2D eigenvalue weighted by molar-refractivity contribution is 9.10.